The summed E-state index contributed by atoms with van der Waals surface area (Å²) in [5.74, 6) is -0.897. The summed E-state index contributed by atoms with van der Waals surface area (Å²) in [6.07, 6.45) is 1.40. The number of nitrogens with zero attached hydrogens (tertiary/aromatic N) is 1. The van der Waals surface area contributed by atoms with Crippen molar-refractivity contribution in [3.8, 4) is 0 Å². The molecule has 3 nitrogen and oxygen atoms in total. The van der Waals surface area contributed by atoms with Gasteiger partial charge in [-0.2, -0.15) is 0 Å². The van der Waals surface area contributed by atoms with Gasteiger partial charge in [-0.3, -0.25) is 4.79 Å². The molecule has 1 heterocycles. The van der Waals surface area contributed by atoms with Crippen LogP contribution in [-0.2, 0) is 4.79 Å². The van der Waals surface area contributed by atoms with E-state index in [-0.39, 0.29) is 12.0 Å². The quantitative estimate of drug-likeness (QED) is 0.739. The number of hydrogen-bond donors (Lipinski definition) is 1. The molecule has 0 amide bonds. The van der Waals surface area contributed by atoms with Crippen molar-refractivity contribution >= 4 is 39.4 Å². The topological polar surface area (TPSA) is 42.2 Å². The third kappa shape index (κ3) is 1.92. The van der Waals surface area contributed by atoms with Crippen molar-refractivity contribution in [1.29, 1.82) is 0 Å². The van der Waals surface area contributed by atoms with Crippen LogP contribution >= 0.6 is 11.6 Å². The van der Waals surface area contributed by atoms with Gasteiger partial charge in [-0.15, -0.1) is 0 Å². The second-order valence-electron chi connectivity index (χ2n) is 6.21. The predicted octanol–water partition coefficient (Wildman–Crippen LogP) is 4.79. The number of rotatable bonds is 2. The van der Waals surface area contributed by atoms with E-state index in [0.29, 0.717) is 12.8 Å². The fourth-order valence-corrected chi connectivity index (χ4v) is 3.71. The lowest BCUT2D eigenvalue weighted by molar-refractivity contribution is -0.145. The Morgan fingerprint density at radius 3 is 2.45 bits per heavy atom. The van der Waals surface area contributed by atoms with Crippen molar-refractivity contribution in [2.24, 2.45) is 5.92 Å². The molecule has 2 aromatic carbocycles. The molecule has 112 valence electrons. The van der Waals surface area contributed by atoms with Crippen LogP contribution in [0.3, 0.4) is 0 Å². The summed E-state index contributed by atoms with van der Waals surface area (Å²) in [6.45, 7) is 2.08. The van der Waals surface area contributed by atoms with Gasteiger partial charge in [0, 0.05) is 32.9 Å². The smallest absolute Gasteiger partial charge is 0.306 e. The summed E-state index contributed by atoms with van der Waals surface area (Å²) >= 11 is 6.17. The maximum atomic E-state index is 11.1. The molecule has 0 radical (unpaired) electrons. The zero-order valence-electron chi connectivity index (χ0n) is 12.2. The number of aliphatic carboxylic acids is 1. The molecular weight excluding hydrogens is 298 g/mol. The van der Waals surface area contributed by atoms with Crippen molar-refractivity contribution in [3.05, 3.63) is 47.0 Å². The number of halogens is 1. The molecule has 0 bridgehead atoms. The monoisotopic (exact) mass is 313 g/mol. The van der Waals surface area contributed by atoms with Crippen LogP contribution in [0.25, 0.3) is 21.8 Å². The fraction of sp³-hybridized carbons (Fsp3) is 0.278. The van der Waals surface area contributed by atoms with Crippen LogP contribution in [0.2, 0.25) is 5.02 Å². The van der Waals surface area contributed by atoms with Gasteiger partial charge >= 0.3 is 5.97 Å². The van der Waals surface area contributed by atoms with Crippen molar-refractivity contribution in [2.75, 3.05) is 0 Å². The number of aryl methyl sites for hydroxylation is 1. The lowest BCUT2D eigenvalue weighted by atomic mass is 9.80. The van der Waals surface area contributed by atoms with E-state index in [9.17, 15) is 4.79 Å². The first-order valence-corrected chi connectivity index (χ1v) is 7.85. The van der Waals surface area contributed by atoms with Crippen molar-refractivity contribution in [3.63, 3.8) is 0 Å². The van der Waals surface area contributed by atoms with Crippen molar-refractivity contribution in [2.45, 2.75) is 25.8 Å². The van der Waals surface area contributed by atoms with Crippen molar-refractivity contribution in [1.82, 2.24) is 4.57 Å². The zero-order valence-corrected chi connectivity index (χ0v) is 13.0. The van der Waals surface area contributed by atoms with Gasteiger partial charge in [0.15, 0.2) is 0 Å². The van der Waals surface area contributed by atoms with Gasteiger partial charge in [0.2, 0.25) is 0 Å². The minimum Gasteiger partial charge on any atom is -0.481 e. The summed E-state index contributed by atoms with van der Waals surface area (Å²) in [7, 11) is 0. The number of fused-ring (bicyclic) bond motifs is 3. The fourth-order valence-electron chi connectivity index (χ4n) is 3.53. The van der Waals surface area contributed by atoms with Gasteiger partial charge in [-0.1, -0.05) is 23.2 Å². The van der Waals surface area contributed by atoms with Crippen LogP contribution in [0.1, 0.15) is 24.4 Å². The average molecular weight is 314 g/mol. The predicted molar refractivity (Wildman–Crippen MR) is 88.6 cm³/mol. The number of carbonyl (C=O) groups is 1. The Hall–Kier alpha value is -2.00. The van der Waals surface area contributed by atoms with Crippen LogP contribution in [0, 0.1) is 12.8 Å². The number of hydrogen-bond acceptors (Lipinski definition) is 1. The molecule has 1 aliphatic carbocycles. The number of aromatic nitrogens is 1. The maximum Gasteiger partial charge on any atom is 0.306 e. The third-order valence-corrected chi connectivity index (χ3v) is 4.98. The van der Waals surface area contributed by atoms with Crippen molar-refractivity contribution < 1.29 is 9.90 Å². The van der Waals surface area contributed by atoms with E-state index < -0.39 is 5.97 Å². The molecule has 0 spiro atoms. The first-order chi connectivity index (χ1) is 10.5. The second kappa shape index (κ2) is 4.75. The van der Waals surface area contributed by atoms with E-state index in [1.807, 2.05) is 18.2 Å². The molecule has 1 aliphatic rings. The summed E-state index contributed by atoms with van der Waals surface area (Å²) in [4.78, 5) is 11.1. The van der Waals surface area contributed by atoms with Crippen LogP contribution in [0.4, 0.5) is 0 Å². The molecule has 0 saturated heterocycles. The highest BCUT2D eigenvalue weighted by Crippen LogP contribution is 2.43. The third-order valence-electron chi connectivity index (χ3n) is 4.75. The van der Waals surface area contributed by atoms with Crippen LogP contribution in [0.5, 0.6) is 0 Å². The number of carboxylic acid groups (broad SMARTS) is 1. The maximum absolute atomic E-state index is 11.1. The molecule has 1 fully saturated rings. The summed E-state index contributed by atoms with van der Waals surface area (Å²) in [6, 6.07) is 12.6. The highest BCUT2D eigenvalue weighted by atomic mass is 35.5. The van der Waals surface area contributed by atoms with Crippen LogP contribution < -0.4 is 0 Å². The highest BCUT2D eigenvalue weighted by molar-refractivity contribution is 6.31. The molecule has 4 rings (SSSR count). The Morgan fingerprint density at radius 1 is 1.14 bits per heavy atom. The Balaban J connectivity index is 1.94. The lowest BCUT2D eigenvalue weighted by Crippen LogP contribution is -2.32. The summed E-state index contributed by atoms with van der Waals surface area (Å²) < 4.78 is 2.29. The van der Waals surface area contributed by atoms with Gasteiger partial charge in [0.05, 0.1) is 5.92 Å². The van der Waals surface area contributed by atoms with Gasteiger partial charge in [-0.25, -0.2) is 0 Å². The van der Waals surface area contributed by atoms with E-state index in [2.05, 4.69) is 29.7 Å². The molecule has 1 aromatic heterocycles. The molecule has 1 saturated carbocycles. The van der Waals surface area contributed by atoms with Gasteiger partial charge in [0.25, 0.3) is 0 Å². The largest absolute Gasteiger partial charge is 0.481 e. The van der Waals surface area contributed by atoms with Gasteiger partial charge in [-0.05, 0) is 50.1 Å². The standard InChI is InChI=1S/C18H16ClNO2/c1-10-2-4-16-14(6-10)15-9-12(19)3-5-17(15)20(16)13-7-11(8-13)18(21)22/h2-6,9,11,13H,7-8H2,1H3,(H,21,22)/t11-,13+. The minimum absolute atomic E-state index is 0.213. The molecule has 0 aliphatic heterocycles. The van der Waals surface area contributed by atoms with E-state index >= 15 is 0 Å². The van der Waals surface area contributed by atoms with E-state index in [4.69, 9.17) is 16.7 Å². The Morgan fingerprint density at radius 2 is 1.77 bits per heavy atom. The SMILES string of the molecule is Cc1ccc2c(c1)c1cc(Cl)ccc1n2[C@H]1C[C@@H](C(=O)O)C1. The van der Waals surface area contributed by atoms with E-state index in [1.54, 1.807) is 0 Å². The molecular formula is C18H16ClNO2. The average Bonchev–Trinajstić information content (AvgIpc) is 2.71. The Bertz CT molecular complexity index is 847. The molecule has 4 heteroatoms. The molecule has 22 heavy (non-hydrogen) atoms. The summed E-state index contributed by atoms with van der Waals surface area (Å²) in [5, 5.41) is 12.2. The normalized spacial score (nSPS) is 21.2. The van der Waals surface area contributed by atoms with Gasteiger partial charge in [0.1, 0.15) is 0 Å². The first kappa shape index (κ1) is 13.6. The Labute approximate surface area is 133 Å². The van der Waals surface area contributed by atoms with Crippen LogP contribution in [0.15, 0.2) is 36.4 Å². The zero-order chi connectivity index (χ0) is 15.4. The second-order valence-corrected chi connectivity index (χ2v) is 6.65. The van der Waals surface area contributed by atoms with Gasteiger partial charge < -0.3 is 9.67 Å². The molecule has 0 atom stereocenters. The van der Waals surface area contributed by atoms with E-state index in [1.165, 1.54) is 10.9 Å². The molecule has 3 aromatic rings. The van der Waals surface area contributed by atoms with Crippen LogP contribution in [-0.4, -0.2) is 15.6 Å². The minimum atomic E-state index is -0.684. The molecule has 0 unspecified atom stereocenters. The highest BCUT2D eigenvalue weighted by Gasteiger charge is 2.36. The Kier molecular flexibility index (Phi) is 2.95. The number of benzene rings is 2. The first-order valence-electron chi connectivity index (χ1n) is 7.47. The van der Waals surface area contributed by atoms with E-state index in [0.717, 1.165) is 21.4 Å². The molecule has 1 N–H and O–H groups in total. The lowest BCUT2D eigenvalue weighted by Gasteiger charge is -2.34. The summed E-state index contributed by atoms with van der Waals surface area (Å²) in [5.41, 5.74) is 3.51. The number of carboxylic acids is 1.